The van der Waals surface area contributed by atoms with E-state index < -0.39 is 0 Å². The summed E-state index contributed by atoms with van der Waals surface area (Å²) in [5.74, 6) is -0.0949. The van der Waals surface area contributed by atoms with Gasteiger partial charge < -0.3 is 0 Å². The van der Waals surface area contributed by atoms with E-state index in [9.17, 15) is 4.39 Å². The van der Waals surface area contributed by atoms with E-state index in [0.717, 1.165) is 11.1 Å². The maximum atomic E-state index is 13.3. The van der Waals surface area contributed by atoms with E-state index in [1.165, 1.54) is 6.07 Å². The van der Waals surface area contributed by atoms with E-state index in [0.29, 0.717) is 0 Å². The molecule has 0 saturated heterocycles. The second kappa shape index (κ2) is 5.14. The van der Waals surface area contributed by atoms with E-state index >= 15 is 0 Å². The molecule has 80 valence electrons. The summed E-state index contributed by atoms with van der Waals surface area (Å²) in [5, 5.41) is 0. The fourth-order valence-corrected chi connectivity index (χ4v) is 1.58. The molecule has 0 bridgehead atoms. The molecule has 0 N–H and O–H groups in total. The number of hydrogen-bond acceptors (Lipinski definition) is 0. The smallest absolute Gasteiger partial charge is 0.127 e. The number of benzene rings is 1. The summed E-state index contributed by atoms with van der Waals surface area (Å²) in [6, 6.07) is 5.22. The van der Waals surface area contributed by atoms with Crippen molar-refractivity contribution < 1.29 is 4.39 Å². The van der Waals surface area contributed by atoms with Crippen LogP contribution in [0.3, 0.4) is 0 Å². The van der Waals surface area contributed by atoms with Crippen LogP contribution in [0, 0.1) is 12.7 Å². The summed E-state index contributed by atoms with van der Waals surface area (Å²) >= 11 is 0. The zero-order chi connectivity index (χ0) is 11.4. The SMILES string of the molecule is CC.Cc1cccc(F)c1C(C)(C)C. The van der Waals surface area contributed by atoms with Gasteiger partial charge in [-0.15, -0.1) is 0 Å². The highest BCUT2D eigenvalue weighted by atomic mass is 19.1. The number of aryl methyl sites for hydroxylation is 1. The minimum atomic E-state index is -0.102. The van der Waals surface area contributed by atoms with Crippen molar-refractivity contribution in [1.82, 2.24) is 0 Å². The van der Waals surface area contributed by atoms with E-state index in [4.69, 9.17) is 0 Å². The maximum Gasteiger partial charge on any atom is 0.127 e. The molecule has 1 aromatic carbocycles. The van der Waals surface area contributed by atoms with Crippen molar-refractivity contribution in [2.45, 2.75) is 47.0 Å². The molecule has 0 nitrogen and oxygen atoms in total. The Balaban J connectivity index is 0.000000791. The molecule has 0 saturated carbocycles. The molecule has 0 fully saturated rings. The highest BCUT2D eigenvalue weighted by Crippen LogP contribution is 2.27. The Morgan fingerprint density at radius 1 is 1.07 bits per heavy atom. The van der Waals surface area contributed by atoms with Crippen LogP contribution >= 0.6 is 0 Å². The Labute approximate surface area is 87.2 Å². The first-order valence-corrected chi connectivity index (χ1v) is 5.18. The van der Waals surface area contributed by atoms with Crippen LogP contribution < -0.4 is 0 Å². The van der Waals surface area contributed by atoms with Crippen LogP contribution in [0.2, 0.25) is 0 Å². The predicted octanol–water partition coefficient (Wildman–Crippen LogP) is 4.46. The molecule has 0 radical (unpaired) electrons. The monoisotopic (exact) mass is 196 g/mol. The first-order chi connectivity index (χ1) is 6.43. The first kappa shape index (κ1) is 13.2. The van der Waals surface area contributed by atoms with Gasteiger partial charge in [0.1, 0.15) is 5.82 Å². The van der Waals surface area contributed by atoms with Crippen LogP contribution in [-0.2, 0) is 5.41 Å². The van der Waals surface area contributed by atoms with Crippen LogP contribution in [-0.4, -0.2) is 0 Å². The van der Waals surface area contributed by atoms with Gasteiger partial charge in [0, 0.05) is 0 Å². The fourth-order valence-electron chi connectivity index (χ4n) is 1.58. The van der Waals surface area contributed by atoms with E-state index in [2.05, 4.69) is 0 Å². The molecule has 0 aliphatic rings. The quantitative estimate of drug-likeness (QED) is 0.574. The van der Waals surface area contributed by atoms with Gasteiger partial charge in [-0.3, -0.25) is 0 Å². The Morgan fingerprint density at radius 2 is 1.57 bits per heavy atom. The third kappa shape index (κ3) is 3.13. The molecule has 0 spiro atoms. The average Bonchev–Trinajstić information content (AvgIpc) is 2.05. The van der Waals surface area contributed by atoms with Crippen molar-refractivity contribution in [3.63, 3.8) is 0 Å². The van der Waals surface area contributed by atoms with Gasteiger partial charge in [0.2, 0.25) is 0 Å². The lowest BCUT2D eigenvalue weighted by Crippen LogP contribution is -2.15. The summed E-state index contributed by atoms with van der Waals surface area (Å²) in [5.41, 5.74) is 1.75. The molecule has 0 amide bonds. The lowest BCUT2D eigenvalue weighted by molar-refractivity contribution is 0.519. The highest BCUT2D eigenvalue weighted by Gasteiger charge is 2.19. The summed E-state index contributed by atoms with van der Waals surface area (Å²) in [4.78, 5) is 0. The second-order valence-electron chi connectivity index (χ2n) is 4.18. The van der Waals surface area contributed by atoms with Gasteiger partial charge in [-0.25, -0.2) is 4.39 Å². The predicted molar refractivity (Wildman–Crippen MR) is 61.2 cm³/mol. The van der Waals surface area contributed by atoms with Gasteiger partial charge in [-0.05, 0) is 29.5 Å². The Bertz CT molecular complexity index is 262. The minimum Gasteiger partial charge on any atom is -0.207 e. The normalized spacial score (nSPS) is 10.5. The number of halogens is 1. The third-order valence-electron chi connectivity index (χ3n) is 1.97. The summed E-state index contributed by atoms with van der Waals surface area (Å²) in [6.07, 6.45) is 0. The standard InChI is InChI=1S/C11H15F.C2H6/c1-8-6-5-7-9(12)10(8)11(2,3)4;1-2/h5-7H,1-4H3;1-2H3. The van der Waals surface area contributed by atoms with Gasteiger partial charge in [0.15, 0.2) is 0 Å². The van der Waals surface area contributed by atoms with Crippen LogP contribution in [0.15, 0.2) is 18.2 Å². The topological polar surface area (TPSA) is 0 Å². The van der Waals surface area contributed by atoms with Crippen molar-refractivity contribution in [3.05, 3.63) is 35.1 Å². The fraction of sp³-hybridized carbons (Fsp3) is 0.538. The lowest BCUT2D eigenvalue weighted by atomic mass is 9.84. The number of rotatable bonds is 0. The molecule has 1 aromatic rings. The van der Waals surface area contributed by atoms with E-state index in [-0.39, 0.29) is 11.2 Å². The summed E-state index contributed by atoms with van der Waals surface area (Å²) < 4.78 is 13.3. The lowest BCUT2D eigenvalue weighted by Gasteiger charge is -2.21. The molecule has 0 heterocycles. The largest absolute Gasteiger partial charge is 0.207 e. The summed E-state index contributed by atoms with van der Waals surface area (Å²) in [6.45, 7) is 12.0. The first-order valence-electron chi connectivity index (χ1n) is 5.18. The van der Waals surface area contributed by atoms with Gasteiger partial charge in [-0.2, -0.15) is 0 Å². The van der Waals surface area contributed by atoms with E-state index in [1.807, 2.05) is 47.6 Å². The Kier molecular flexibility index (Phi) is 4.82. The molecule has 0 aliphatic heterocycles. The zero-order valence-corrected chi connectivity index (χ0v) is 10.1. The van der Waals surface area contributed by atoms with Crippen molar-refractivity contribution >= 4 is 0 Å². The van der Waals surface area contributed by atoms with Gasteiger partial charge in [0.25, 0.3) is 0 Å². The van der Waals surface area contributed by atoms with Crippen LogP contribution in [0.5, 0.6) is 0 Å². The van der Waals surface area contributed by atoms with Gasteiger partial charge in [-0.1, -0.05) is 46.8 Å². The zero-order valence-electron chi connectivity index (χ0n) is 10.1. The van der Waals surface area contributed by atoms with Crippen molar-refractivity contribution in [1.29, 1.82) is 0 Å². The summed E-state index contributed by atoms with van der Waals surface area (Å²) in [7, 11) is 0. The number of hydrogen-bond donors (Lipinski definition) is 0. The van der Waals surface area contributed by atoms with E-state index in [1.54, 1.807) is 6.07 Å². The van der Waals surface area contributed by atoms with Crippen LogP contribution in [0.1, 0.15) is 45.7 Å². The van der Waals surface area contributed by atoms with Crippen molar-refractivity contribution in [3.8, 4) is 0 Å². The molecule has 1 heteroatoms. The Morgan fingerprint density at radius 3 is 1.86 bits per heavy atom. The molecule has 1 rings (SSSR count). The molecule has 0 aromatic heterocycles. The molecular formula is C13H21F. The van der Waals surface area contributed by atoms with Crippen molar-refractivity contribution in [2.75, 3.05) is 0 Å². The maximum absolute atomic E-state index is 13.3. The van der Waals surface area contributed by atoms with Crippen LogP contribution in [0.25, 0.3) is 0 Å². The molecule has 14 heavy (non-hydrogen) atoms. The second-order valence-corrected chi connectivity index (χ2v) is 4.18. The average molecular weight is 196 g/mol. The molecule has 0 unspecified atom stereocenters. The van der Waals surface area contributed by atoms with Gasteiger partial charge >= 0.3 is 0 Å². The third-order valence-corrected chi connectivity index (χ3v) is 1.97. The minimum absolute atomic E-state index is 0.0949. The van der Waals surface area contributed by atoms with Crippen molar-refractivity contribution in [2.24, 2.45) is 0 Å². The Hall–Kier alpha value is -0.850. The highest BCUT2D eigenvalue weighted by molar-refractivity contribution is 5.32. The molecular weight excluding hydrogens is 175 g/mol. The van der Waals surface area contributed by atoms with Crippen LogP contribution in [0.4, 0.5) is 4.39 Å². The van der Waals surface area contributed by atoms with Gasteiger partial charge in [0.05, 0.1) is 0 Å². The molecule has 0 atom stereocenters. The molecule has 0 aliphatic carbocycles.